The van der Waals surface area contributed by atoms with Gasteiger partial charge in [-0.15, -0.1) is 0 Å². The van der Waals surface area contributed by atoms with Crippen molar-refractivity contribution >= 4 is 33.2 Å². The van der Waals surface area contributed by atoms with Crippen LogP contribution in [-0.2, 0) is 4.79 Å². The van der Waals surface area contributed by atoms with Crippen molar-refractivity contribution in [2.75, 3.05) is 17.7 Å². The van der Waals surface area contributed by atoms with Crippen molar-refractivity contribution in [1.29, 1.82) is 0 Å². The van der Waals surface area contributed by atoms with Crippen molar-refractivity contribution in [2.45, 2.75) is 6.42 Å². The van der Waals surface area contributed by atoms with Crippen LogP contribution in [0, 0.1) is 5.82 Å². The average molecular weight is 353 g/mol. The van der Waals surface area contributed by atoms with E-state index in [-0.39, 0.29) is 18.9 Å². The Bertz CT molecular complexity index is 649. The van der Waals surface area contributed by atoms with Gasteiger partial charge in [0.25, 0.3) is 0 Å². The first-order valence-corrected chi connectivity index (χ1v) is 7.08. The summed E-state index contributed by atoms with van der Waals surface area (Å²) < 4.78 is 19.1. The van der Waals surface area contributed by atoms with Crippen LogP contribution in [0.4, 0.5) is 15.8 Å². The summed E-state index contributed by atoms with van der Waals surface area (Å²) in [6.45, 7) is 0.194. The van der Waals surface area contributed by atoms with Gasteiger partial charge in [-0.05, 0) is 46.3 Å². The molecule has 2 aromatic rings. The zero-order chi connectivity index (χ0) is 15.2. The van der Waals surface area contributed by atoms with Gasteiger partial charge in [0.1, 0.15) is 11.6 Å². The molecule has 0 unspecified atom stereocenters. The minimum atomic E-state index is -0.430. The Labute approximate surface area is 130 Å². The van der Waals surface area contributed by atoms with Gasteiger partial charge in [0.05, 0.1) is 23.2 Å². The lowest BCUT2D eigenvalue weighted by Crippen LogP contribution is -2.15. The van der Waals surface area contributed by atoms with E-state index in [4.69, 9.17) is 10.5 Å². The predicted molar refractivity (Wildman–Crippen MR) is 83.7 cm³/mol. The smallest absolute Gasteiger partial charge is 0.227 e. The van der Waals surface area contributed by atoms with E-state index in [1.54, 1.807) is 30.3 Å². The van der Waals surface area contributed by atoms with E-state index in [0.717, 1.165) is 0 Å². The number of carbonyl (C=O) groups excluding carboxylic acids is 1. The Morgan fingerprint density at radius 2 is 2.05 bits per heavy atom. The highest BCUT2D eigenvalue weighted by molar-refractivity contribution is 9.10. The molecule has 0 spiro atoms. The molecule has 110 valence electrons. The molecule has 0 radical (unpaired) electrons. The molecule has 0 aliphatic carbocycles. The highest BCUT2D eigenvalue weighted by Gasteiger charge is 2.06. The second-order valence-electron chi connectivity index (χ2n) is 4.31. The minimum Gasteiger partial charge on any atom is -0.491 e. The lowest BCUT2D eigenvalue weighted by Gasteiger charge is -2.09. The van der Waals surface area contributed by atoms with E-state index in [1.807, 2.05) is 0 Å². The Morgan fingerprint density at radius 1 is 1.29 bits per heavy atom. The first-order valence-electron chi connectivity index (χ1n) is 6.28. The fourth-order valence-corrected chi connectivity index (χ4v) is 1.91. The number of benzene rings is 2. The standard InChI is InChI=1S/C15H14BrFN2O2/c16-11-6-5-10(9-12(11)17)19-15(20)7-8-21-14-4-2-1-3-13(14)18/h1-6,9H,7-8,18H2,(H,19,20). The van der Waals surface area contributed by atoms with Gasteiger partial charge in [0.15, 0.2) is 0 Å². The molecule has 2 aromatic carbocycles. The zero-order valence-corrected chi connectivity index (χ0v) is 12.7. The van der Waals surface area contributed by atoms with Crippen LogP contribution in [0.2, 0.25) is 0 Å². The van der Waals surface area contributed by atoms with Crippen LogP contribution in [0.3, 0.4) is 0 Å². The number of halogens is 2. The Balaban J connectivity index is 1.82. The molecular weight excluding hydrogens is 339 g/mol. The van der Waals surface area contributed by atoms with Gasteiger partial charge >= 0.3 is 0 Å². The average Bonchev–Trinajstić information content (AvgIpc) is 2.45. The van der Waals surface area contributed by atoms with Crippen LogP contribution < -0.4 is 15.8 Å². The summed E-state index contributed by atoms with van der Waals surface area (Å²) in [5, 5.41) is 2.60. The molecule has 21 heavy (non-hydrogen) atoms. The molecular formula is C15H14BrFN2O2. The van der Waals surface area contributed by atoms with Crippen LogP contribution >= 0.6 is 15.9 Å². The first-order chi connectivity index (χ1) is 10.1. The highest BCUT2D eigenvalue weighted by atomic mass is 79.9. The number of rotatable bonds is 5. The van der Waals surface area contributed by atoms with E-state index in [2.05, 4.69) is 21.2 Å². The van der Waals surface area contributed by atoms with Crippen molar-refractivity contribution in [3.05, 3.63) is 52.8 Å². The molecule has 4 nitrogen and oxygen atoms in total. The van der Waals surface area contributed by atoms with Crippen molar-refractivity contribution in [2.24, 2.45) is 0 Å². The van der Waals surface area contributed by atoms with Gasteiger partial charge in [-0.1, -0.05) is 12.1 Å². The van der Waals surface area contributed by atoms with E-state index in [0.29, 0.717) is 21.6 Å². The molecule has 0 fully saturated rings. The van der Waals surface area contributed by atoms with Gasteiger partial charge in [0, 0.05) is 5.69 Å². The Hall–Kier alpha value is -2.08. The van der Waals surface area contributed by atoms with Crippen molar-refractivity contribution in [1.82, 2.24) is 0 Å². The van der Waals surface area contributed by atoms with Gasteiger partial charge in [-0.2, -0.15) is 0 Å². The molecule has 3 N–H and O–H groups in total. The first kappa shape index (κ1) is 15.3. The summed E-state index contributed by atoms with van der Waals surface area (Å²) in [4.78, 5) is 11.7. The lowest BCUT2D eigenvalue weighted by atomic mass is 10.3. The lowest BCUT2D eigenvalue weighted by molar-refractivity contribution is -0.116. The molecule has 1 amide bonds. The van der Waals surface area contributed by atoms with Crippen LogP contribution in [-0.4, -0.2) is 12.5 Å². The van der Waals surface area contributed by atoms with Crippen LogP contribution in [0.25, 0.3) is 0 Å². The topological polar surface area (TPSA) is 64.3 Å². The van der Waals surface area contributed by atoms with E-state index < -0.39 is 5.82 Å². The highest BCUT2D eigenvalue weighted by Crippen LogP contribution is 2.21. The summed E-state index contributed by atoms with van der Waals surface area (Å²) in [5.41, 5.74) is 6.64. The van der Waals surface area contributed by atoms with Crippen molar-refractivity contribution in [3.8, 4) is 5.75 Å². The molecule has 0 aliphatic rings. The quantitative estimate of drug-likeness (QED) is 0.808. The monoisotopic (exact) mass is 352 g/mol. The second-order valence-corrected chi connectivity index (χ2v) is 5.17. The minimum absolute atomic E-state index is 0.145. The third kappa shape index (κ3) is 4.46. The van der Waals surface area contributed by atoms with Gasteiger partial charge < -0.3 is 15.8 Å². The number of amides is 1. The molecule has 0 aliphatic heterocycles. The zero-order valence-electron chi connectivity index (χ0n) is 11.1. The molecule has 0 saturated heterocycles. The molecule has 0 heterocycles. The number of nitrogens with two attached hydrogens (primary N) is 1. The number of para-hydroxylation sites is 2. The summed E-state index contributed by atoms with van der Waals surface area (Å²) >= 11 is 3.05. The normalized spacial score (nSPS) is 10.2. The van der Waals surface area contributed by atoms with Crippen molar-refractivity contribution in [3.63, 3.8) is 0 Å². The molecule has 0 aromatic heterocycles. The number of nitrogen functional groups attached to an aromatic ring is 1. The van der Waals surface area contributed by atoms with Gasteiger partial charge in [-0.25, -0.2) is 4.39 Å². The maximum atomic E-state index is 13.3. The summed E-state index contributed by atoms with van der Waals surface area (Å²) in [5.74, 6) is -0.146. The third-order valence-corrected chi connectivity index (χ3v) is 3.35. The number of nitrogens with one attached hydrogen (secondary N) is 1. The third-order valence-electron chi connectivity index (χ3n) is 2.71. The number of hydrogen-bond acceptors (Lipinski definition) is 3. The van der Waals surface area contributed by atoms with Gasteiger partial charge in [0.2, 0.25) is 5.91 Å². The van der Waals surface area contributed by atoms with E-state index in [1.165, 1.54) is 12.1 Å². The number of anilines is 2. The molecule has 6 heteroatoms. The maximum Gasteiger partial charge on any atom is 0.227 e. The fraction of sp³-hybridized carbons (Fsp3) is 0.133. The predicted octanol–water partition coefficient (Wildman–Crippen LogP) is 3.58. The van der Waals surface area contributed by atoms with Gasteiger partial charge in [-0.3, -0.25) is 4.79 Å². The summed E-state index contributed by atoms with van der Waals surface area (Å²) in [7, 11) is 0. The van der Waals surface area contributed by atoms with Crippen LogP contribution in [0.5, 0.6) is 5.75 Å². The summed E-state index contributed by atoms with van der Waals surface area (Å²) in [6.07, 6.45) is 0.145. The van der Waals surface area contributed by atoms with E-state index in [9.17, 15) is 9.18 Å². The molecule has 2 rings (SSSR count). The molecule has 0 saturated carbocycles. The number of ether oxygens (including phenoxy) is 1. The van der Waals surface area contributed by atoms with Crippen molar-refractivity contribution < 1.29 is 13.9 Å². The fourth-order valence-electron chi connectivity index (χ4n) is 1.66. The SMILES string of the molecule is Nc1ccccc1OCCC(=O)Nc1ccc(Br)c(F)c1. The largest absolute Gasteiger partial charge is 0.491 e. The van der Waals surface area contributed by atoms with Crippen LogP contribution in [0.1, 0.15) is 6.42 Å². The second kappa shape index (κ2) is 7.08. The van der Waals surface area contributed by atoms with Crippen LogP contribution in [0.15, 0.2) is 46.9 Å². The summed E-state index contributed by atoms with van der Waals surface area (Å²) in [6, 6.07) is 11.5. The van der Waals surface area contributed by atoms with E-state index >= 15 is 0 Å². The molecule has 0 atom stereocenters. The number of carbonyl (C=O) groups is 1. The Morgan fingerprint density at radius 3 is 2.76 bits per heavy atom. The maximum absolute atomic E-state index is 13.3. The Kier molecular flexibility index (Phi) is 5.16. The number of hydrogen-bond donors (Lipinski definition) is 2. The molecule has 0 bridgehead atoms.